The highest BCUT2D eigenvalue weighted by Gasteiger charge is 2.08. The molecule has 0 radical (unpaired) electrons. The molecule has 118 valence electrons. The number of esters is 1. The molecule has 2 aromatic rings. The smallest absolute Gasteiger partial charge is 0.330 e. The Hall–Kier alpha value is -2.88. The van der Waals surface area contributed by atoms with Crippen LogP contribution >= 0.6 is 0 Å². The van der Waals surface area contributed by atoms with Gasteiger partial charge in [-0.15, -0.1) is 0 Å². The molecule has 0 aliphatic rings. The number of carbonyl (C=O) groups is 2. The van der Waals surface area contributed by atoms with Crippen molar-refractivity contribution in [2.45, 2.75) is 6.92 Å². The van der Waals surface area contributed by atoms with E-state index in [9.17, 15) is 9.59 Å². The van der Waals surface area contributed by atoms with E-state index in [0.717, 1.165) is 0 Å². The maximum absolute atomic E-state index is 12.2. The van der Waals surface area contributed by atoms with Crippen molar-refractivity contribution in [1.29, 1.82) is 0 Å². The zero-order valence-corrected chi connectivity index (χ0v) is 12.9. The number of hydrogen-bond acceptors (Lipinski definition) is 4. The summed E-state index contributed by atoms with van der Waals surface area (Å²) in [7, 11) is 0. The minimum atomic E-state index is -0.389. The summed E-state index contributed by atoms with van der Waals surface area (Å²) in [6.45, 7) is 2.18. The first-order valence-electron chi connectivity index (χ1n) is 7.33. The Morgan fingerprint density at radius 2 is 1.57 bits per heavy atom. The number of allylic oxidation sites excluding steroid dienone is 1. The molecular formula is C19H18O4. The molecule has 0 unspecified atom stereocenters. The molecule has 4 heteroatoms. The lowest BCUT2D eigenvalue weighted by Gasteiger charge is -2.07. The third-order valence-electron chi connectivity index (χ3n) is 3.05. The molecular weight excluding hydrogens is 292 g/mol. The van der Waals surface area contributed by atoms with Crippen LogP contribution in [0.2, 0.25) is 0 Å². The van der Waals surface area contributed by atoms with Gasteiger partial charge >= 0.3 is 5.97 Å². The number of ether oxygens (including phenoxy) is 2. The summed E-state index contributed by atoms with van der Waals surface area (Å²) in [5.74, 6) is 0.203. The quantitative estimate of drug-likeness (QED) is 0.340. The SMILES string of the molecule is CC=CC(=O)OCCOc1ccc(C(=O)c2ccccc2)cc1. The molecule has 0 bridgehead atoms. The Bertz CT molecular complexity index is 672. The van der Waals surface area contributed by atoms with Gasteiger partial charge in [0.1, 0.15) is 19.0 Å². The standard InChI is InChI=1S/C19H18O4/c1-2-6-18(20)23-14-13-22-17-11-9-16(10-12-17)19(21)15-7-4-3-5-8-15/h2-12H,13-14H2,1H3. The van der Waals surface area contributed by atoms with Gasteiger partial charge in [-0.2, -0.15) is 0 Å². The maximum atomic E-state index is 12.2. The summed E-state index contributed by atoms with van der Waals surface area (Å²) in [6.07, 6.45) is 2.97. The molecule has 2 rings (SSSR count). The fraction of sp³-hybridized carbons (Fsp3) is 0.158. The zero-order valence-electron chi connectivity index (χ0n) is 12.9. The van der Waals surface area contributed by atoms with E-state index in [1.54, 1.807) is 49.4 Å². The minimum Gasteiger partial charge on any atom is -0.490 e. The highest BCUT2D eigenvalue weighted by molar-refractivity contribution is 6.08. The lowest BCUT2D eigenvalue weighted by atomic mass is 10.0. The van der Waals surface area contributed by atoms with Crippen molar-refractivity contribution in [2.75, 3.05) is 13.2 Å². The zero-order chi connectivity index (χ0) is 16.5. The first kappa shape index (κ1) is 16.5. The van der Waals surface area contributed by atoms with Gasteiger partial charge < -0.3 is 9.47 Å². The first-order chi connectivity index (χ1) is 11.2. The van der Waals surface area contributed by atoms with Crippen LogP contribution in [0.15, 0.2) is 66.7 Å². The van der Waals surface area contributed by atoms with Gasteiger partial charge in [-0.25, -0.2) is 4.79 Å². The van der Waals surface area contributed by atoms with Crippen LogP contribution in [-0.2, 0) is 9.53 Å². The van der Waals surface area contributed by atoms with Crippen molar-refractivity contribution in [1.82, 2.24) is 0 Å². The van der Waals surface area contributed by atoms with Crippen molar-refractivity contribution in [2.24, 2.45) is 0 Å². The molecule has 0 aromatic heterocycles. The van der Waals surface area contributed by atoms with Gasteiger partial charge in [0.2, 0.25) is 0 Å². The molecule has 0 N–H and O–H groups in total. The third kappa shape index (κ3) is 5.11. The van der Waals surface area contributed by atoms with Gasteiger partial charge in [-0.1, -0.05) is 36.4 Å². The van der Waals surface area contributed by atoms with Crippen molar-refractivity contribution < 1.29 is 19.1 Å². The van der Waals surface area contributed by atoms with Crippen molar-refractivity contribution >= 4 is 11.8 Å². The molecule has 23 heavy (non-hydrogen) atoms. The monoisotopic (exact) mass is 310 g/mol. The Labute approximate surface area is 135 Å². The Morgan fingerprint density at radius 1 is 0.913 bits per heavy atom. The van der Waals surface area contributed by atoms with Gasteiger partial charge in [-0.3, -0.25) is 4.79 Å². The molecule has 0 spiro atoms. The maximum Gasteiger partial charge on any atom is 0.330 e. The Balaban J connectivity index is 1.85. The molecule has 0 amide bonds. The predicted octanol–water partition coefficient (Wildman–Crippen LogP) is 3.42. The van der Waals surface area contributed by atoms with Crippen LogP contribution in [0.3, 0.4) is 0 Å². The molecule has 0 aliphatic heterocycles. The third-order valence-corrected chi connectivity index (χ3v) is 3.05. The van der Waals surface area contributed by atoms with Crippen LogP contribution in [0.5, 0.6) is 5.75 Å². The molecule has 0 saturated carbocycles. The molecule has 0 heterocycles. The van der Waals surface area contributed by atoms with Crippen LogP contribution in [-0.4, -0.2) is 25.0 Å². The van der Waals surface area contributed by atoms with Crippen LogP contribution in [0.1, 0.15) is 22.8 Å². The highest BCUT2D eigenvalue weighted by atomic mass is 16.6. The van der Waals surface area contributed by atoms with E-state index in [-0.39, 0.29) is 25.0 Å². The largest absolute Gasteiger partial charge is 0.490 e. The van der Waals surface area contributed by atoms with Gasteiger partial charge in [0.05, 0.1) is 0 Å². The number of ketones is 1. The summed E-state index contributed by atoms with van der Waals surface area (Å²) in [5.41, 5.74) is 1.25. The summed E-state index contributed by atoms with van der Waals surface area (Å²) in [5, 5.41) is 0. The molecule has 0 atom stereocenters. The predicted molar refractivity (Wildman–Crippen MR) is 87.6 cm³/mol. The second-order valence-electron chi connectivity index (χ2n) is 4.74. The van der Waals surface area contributed by atoms with E-state index in [2.05, 4.69) is 0 Å². The molecule has 0 saturated heterocycles. The lowest BCUT2D eigenvalue weighted by molar-refractivity contribution is -0.138. The van der Waals surface area contributed by atoms with Gasteiger partial charge in [0.25, 0.3) is 0 Å². The van der Waals surface area contributed by atoms with E-state index < -0.39 is 0 Å². The van der Waals surface area contributed by atoms with Gasteiger partial charge in [0.15, 0.2) is 5.78 Å². The van der Waals surface area contributed by atoms with E-state index in [0.29, 0.717) is 16.9 Å². The van der Waals surface area contributed by atoms with E-state index in [4.69, 9.17) is 9.47 Å². The average molecular weight is 310 g/mol. The topological polar surface area (TPSA) is 52.6 Å². The second-order valence-corrected chi connectivity index (χ2v) is 4.74. The van der Waals surface area contributed by atoms with Crippen molar-refractivity contribution in [3.8, 4) is 5.75 Å². The Kier molecular flexibility index (Phi) is 6.12. The number of rotatable bonds is 7. The van der Waals surface area contributed by atoms with Crippen molar-refractivity contribution in [3.05, 3.63) is 77.9 Å². The van der Waals surface area contributed by atoms with Crippen LogP contribution in [0, 0.1) is 0 Å². The normalized spacial score (nSPS) is 10.5. The van der Waals surface area contributed by atoms with Crippen molar-refractivity contribution in [3.63, 3.8) is 0 Å². The fourth-order valence-corrected chi connectivity index (χ4v) is 1.94. The first-order valence-corrected chi connectivity index (χ1v) is 7.33. The average Bonchev–Trinajstić information content (AvgIpc) is 2.60. The molecule has 2 aromatic carbocycles. The van der Waals surface area contributed by atoms with Crippen LogP contribution in [0.25, 0.3) is 0 Å². The molecule has 0 fully saturated rings. The van der Waals surface area contributed by atoms with Crippen LogP contribution in [0.4, 0.5) is 0 Å². The van der Waals surface area contributed by atoms with E-state index >= 15 is 0 Å². The summed E-state index contributed by atoms with van der Waals surface area (Å²) >= 11 is 0. The minimum absolute atomic E-state index is 0.0302. The highest BCUT2D eigenvalue weighted by Crippen LogP contribution is 2.15. The van der Waals surface area contributed by atoms with Crippen LogP contribution < -0.4 is 4.74 Å². The molecule has 0 aliphatic carbocycles. The summed E-state index contributed by atoms with van der Waals surface area (Å²) < 4.78 is 10.4. The van der Waals surface area contributed by atoms with Gasteiger partial charge in [-0.05, 0) is 31.2 Å². The summed E-state index contributed by atoms with van der Waals surface area (Å²) in [4.78, 5) is 23.4. The molecule has 4 nitrogen and oxygen atoms in total. The number of benzene rings is 2. The van der Waals surface area contributed by atoms with E-state index in [1.165, 1.54) is 6.08 Å². The Morgan fingerprint density at radius 3 is 2.22 bits per heavy atom. The van der Waals surface area contributed by atoms with E-state index in [1.807, 2.05) is 18.2 Å². The van der Waals surface area contributed by atoms with Gasteiger partial charge in [0, 0.05) is 17.2 Å². The lowest BCUT2D eigenvalue weighted by Crippen LogP contribution is -2.10. The fourth-order valence-electron chi connectivity index (χ4n) is 1.94. The number of hydrogen-bond donors (Lipinski definition) is 0. The second kappa shape index (κ2) is 8.54. The summed E-state index contributed by atoms with van der Waals surface area (Å²) in [6, 6.07) is 16.0. The number of carbonyl (C=O) groups excluding carboxylic acids is 2.